The summed E-state index contributed by atoms with van der Waals surface area (Å²) in [6, 6.07) is 15.7. The molecular weight excluding hydrogens is 274 g/mol. The fraction of sp³-hybridized carbons (Fsp3) is 0.278. The van der Waals surface area contributed by atoms with E-state index in [0.717, 1.165) is 24.2 Å². The number of nitrogens with two attached hydrogens (primary N) is 1. The molecule has 1 aliphatic rings. The Morgan fingerprint density at radius 1 is 1.23 bits per heavy atom. The number of carbonyl (C=O) groups is 1. The third-order valence-corrected chi connectivity index (χ3v) is 4.23. The van der Waals surface area contributed by atoms with Gasteiger partial charge in [-0.05, 0) is 42.7 Å². The number of benzene rings is 2. The van der Waals surface area contributed by atoms with Gasteiger partial charge in [-0.3, -0.25) is 4.79 Å². The summed E-state index contributed by atoms with van der Waals surface area (Å²) in [6.45, 7) is 3.35. The van der Waals surface area contributed by atoms with E-state index in [1.165, 1.54) is 11.3 Å². The monoisotopic (exact) mass is 295 g/mol. The highest BCUT2D eigenvalue weighted by Crippen LogP contribution is 2.29. The van der Waals surface area contributed by atoms with E-state index in [1.807, 2.05) is 43.3 Å². The molecule has 1 amide bonds. The highest BCUT2D eigenvalue weighted by Gasteiger charge is 2.27. The summed E-state index contributed by atoms with van der Waals surface area (Å²) >= 11 is 0. The van der Waals surface area contributed by atoms with Gasteiger partial charge >= 0.3 is 0 Å². The lowest BCUT2D eigenvalue weighted by Crippen LogP contribution is -2.41. The number of hydrogen-bond donors (Lipinski definition) is 2. The highest BCUT2D eigenvalue weighted by atomic mass is 16.2. The molecule has 0 fully saturated rings. The summed E-state index contributed by atoms with van der Waals surface area (Å²) < 4.78 is 0. The smallest absolute Gasteiger partial charge is 0.246 e. The van der Waals surface area contributed by atoms with Crippen molar-refractivity contribution in [3.63, 3.8) is 0 Å². The quantitative estimate of drug-likeness (QED) is 0.911. The van der Waals surface area contributed by atoms with E-state index in [-0.39, 0.29) is 11.9 Å². The molecule has 4 heteroatoms. The van der Waals surface area contributed by atoms with Crippen LogP contribution in [0, 0.1) is 0 Å². The lowest BCUT2D eigenvalue weighted by Gasteiger charge is -2.26. The number of carbonyl (C=O) groups excluding carboxylic acids is 1. The Bertz CT molecular complexity index is 666. The van der Waals surface area contributed by atoms with Crippen molar-refractivity contribution < 1.29 is 4.79 Å². The number of nitrogens with zero attached hydrogens (tertiary/aromatic N) is 1. The lowest BCUT2D eigenvalue weighted by atomic mass is 10.1. The van der Waals surface area contributed by atoms with Gasteiger partial charge in [-0.1, -0.05) is 30.3 Å². The Kier molecular flexibility index (Phi) is 4.11. The van der Waals surface area contributed by atoms with E-state index >= 15 is 0 Å². The lowest BCUT2D eigenvalue weighted by molar-refractivity contribution is -0.117. The predicted molar refractivity (Wildman–Crippen MR) is 89.9 cm³/mol. The number of amides is 1. The van der Waals surface area contributed by atoms with Crippen molar-refractivity contribution in [3.8, 4) is 0 Å². The fourth-order valence-electron chi connectivity index (χ4n) is 2.88. The summed E-state index contributed by atoms with van der Waals surface area (Å²) in [5.41, 5.74) is 9.93. The minimum atomic E-state index is -0.196. The van der Waals surface area contributed by atoms with E-state index in [9.17, 15) is 4.79 Å². The van der Waals surface area contributed by atoms with Gasteiger partial charge in [-0.25, -0.2) is 0 Å². The van der Waals surface area contributed by atoms with Crippen molar-refractivity contribution in [3.05, 3.63) is 59.7 Å². The third kappa shape index (κ3) is 2.83. The van der Waals surface area contributed by atoms with Crippen LogP contribution in [0.15, 0.2) is 48.5 Å². The van der Waals surface area contributed by atoms with Gasteiger partial charge in [-0.15, -0.1) is 0 Å². The van der Waals surface area contributed by atoms with E-state index < -0.39 is 0 Å². The first-order valence-corrected chi connectivity index (χ1v) is 7.63. The first-order chi connectivity index (χ1) is 10.7. The first-order valence-electron chi connectivity index (χ1n) is 7.63. The van der Waals surface area contributed by atoms with Crippen LogP contribution >= 0.6 is 0 Å². The molecular formula is C18H21N3O. The van der Waals surface area contributed by atoms with Crippen LogP contribution in [0.2, 0.25) is 0 Å². The van der Waals surface area contributed by atoms with Crippen molar-refractivity contribution in [1.29, 1.82) is 0 Å². The van der Waals surface area contributed by atoms with Gasteiger partial charge in [-0.2, -0.15) is 0 Å². The molecule has 0 aromatic heterocycles. The molecule has 1 heterocycles. The molecule has 0 bridgehead atoms. The molecule has 1 unspecified atom stereocenters. The van der Waals surface area contributed by atoms with Gasteiger partial charge < -0.3 is 16.0 Å². The second-order valence-corrected chi connectivity index (χ2v) is 5.64. The molecule has 114 valence electrons. The summed E-state index contributed by atoms with van der Waals surface area (Å²) in [7, 11) is 0. The van der Waals surface area contributed by atoms with Crippen LogP contribution in [-0.4, -0.2) is 18.5 Å². The maximum Gasteiger partial charge on any atom is 0.246 e. The topological polar surface area (TPSA) is 58.4 Å². The predicted octanol–water partition coefficient (Wildman–Crippen LogP) is 2.54. The average Bonchev–Trinajstić information content (AvgIpc) is 2.99. The molecule has 1 aliphatic heterocycles. The second kappa shape index (κ2) is 6.20. The molecule has 0 saturated heterocycles. The van der Waals surface area contributed by atoms with Gasteiger partial charge in [0, 0.05) is 24.5 Å². The van der Waals surface area contributed by atoms with Gasteiger partial charge in [0.25, 0.3) is 0 Å². The normalized spacial score (nSPS) is 14.5. The summed E-state index contributed by atoms with van der Waals surface area (Å²) in [5.74, 6) is 0.0113. The molecule has 0 radical (unpaired) electrons. The van der Waals surface area contributed by atoms with Crippen molar-refractivity contribution in [2.45, 2.75) is 25.9 Å². The van der Waals surface area contributed by atoms with Crippen molar-refractivity contribution >= 4 is 17.3 Å². The van der Waals surface area contributed by atoms with Crippen molar-refractivity contribution in [2.24, 2.45) is 5.73 Å². The zero-order chi connectivity index (χ0) is 15.5. The first kappa shape index (κ1) is 14.6. The van der Waals surface area contributed by atoms with Crippen molar-refractivity contribution in [1.82, 2.24) is 0 Å². The van der Waals surface area contributed by atoms with Crippen LogP contribution in [0.25, 0.3) is 0 Å². The zero-order valence-electron chi connectivity index (χ0n) is 12.8. The summed E-state index contributed by atoms with van der Waals surface area (Å²) in [5, 5.41) is 2.98. The average molecular weight is 295 g/mol. The molecule has 4 nitrogen and oxygen atoms in total. The van der Waals surface area contributed by atoms with Crippen LogP contribution < -0.4 is 16.0 Å². The summed E-state index contributed by atoms with van der Waals surface area (Å²) in [6.07, 6.45) is 0.999. The number of hydrogen-bond acceptors (Lipinski definition) is 3. The van der Waals surface area contributed by atoms with Crippen LogP contribution in [0.5, 0.6) is 0 Å². The van der Waals surface area contributed by atoms with Gasteiger partial charge in [0.15, 0.2) is 0 Å². The SMILES string of the molecule is CC(C(=O)Nc1ccc(CN)cc1)N1CCc2ccccc21. The van der Waals surface area contributed by atoms with E-state index in [0.29, 0.717) is 6.54 Å². The zero-order valence-corrected chi connectivity index (χ0v) is 12.8. The molecule has 3 rings (SSSR count). The second-order valence-electron chi connectivity index (χ2n) is 5.64. The van der Waals surface area contributed by atoms with Gasteiger partial charge in [0.05, 0.1) is 0 Å². The molecule has 0 spiro atoms. The molecule has 22 heavy (non-hydrogen) atoms. The summed E-state index contributed by atoms with van der Waals surface area (Å²) in [4.78, 5) is 14.7. The van der Waals surface area contributed by atoms with E-state index in [4.69, 9.17) is 5.73 Å². The van der Waals surface area contributed by atoms with Crippen molar-refractivity contribution in [2.75, 3.05) is 16.8 Å². The van der Waals surface area contributed by atoms with Gasteiger partial charge in [0.2, 0.25) is 5.91 Å². The highest BCUT2D eigenvalue weighted by molar-refractivity contribution is 5.97. The number of para-hydroxylation sites is 1. The third-order valence-electron chi connectivity index (χ3n) is 4.23. The Morgan fingerprint density at radius 2 is 1.95 bits per heavy atom. The molecule has 2 aromatic carbocycles. The molecule has 2 aromatic rings. The number of rotatable bonds is 4. The largest absolute Gasteiger partial charge is 0.359 e. The molecule has 1 atom stereocenters. The van der Waals surface area contributed by atoms with Gasteiger partial charge in [0.1, 0.15) is 6.04 Å². The number of nitrogens with one attached hydrogen (secondary N) is 1. The van der Waals surface area contributed by atoms with Crippen LogP contribution in [0.1, 0.15) is 18.1 Å². The minimum absolute atomic E-state index is 0.0113. The maximum absolute atomic E-state index is 12.5. The minimum Gasteiger partial charge on any atom is -0.359 e. The van der Waals surface area contributed by atoms with Crippen LogP contribution in [0.4, 0.5) is 11.4 Å². The Labute approximate surface area is 130 Å². The van der Waals surface area contributed by atoms with Crippen LogP contribution in [-0.2, 0) is 17.8 Å². The number of fused-ring (bicyclic) bond motifs is 1. The standard InChI is InChI=1S/C18H21N3O/c1-13(21-11-10-15-4-2-3-5-17(15)21)18(22)20-16-8-6-14(12-19)7-9-16/h2-9,13H,10-12,19H2,1H3,(H,20,22). The fourth-order valence-corrected chi connectivity index (χ4v) is 2.88. The Balaban J connectivity index is 1.70. The van der Waals surface area contributed by atoms with Crippen LogP contribution in [0.3, 0.4) is 0 Å². The van der Waals surface area contributed by atoms with E-state index in [2.05, 4.69) is 22.3 Å². The maximum atomic E-state index is 12.5. The molecule has 0 aliphatic carbocycles. The Morgan fingerprint density at radius 3 is 2.68 bits per heavy atom. The Hall–Kier alpha value is -2.33. The van der Waals surface area contributed by atoms with E-state index in [1.54, 1.807) is 0 Å². The molecule has 0 saturated carbocycles. The number of anilines is 2. The molecule has 3 N–H and O–H groups in total.